The van der Waals surface area contributed by atoms with Gasteiger partial charge in [-0.15, -0.1) is 0 Å². The molecule has 0 aliphatic rings. The number of rotatable bonds is 5. The van der Waals surface area contributed by atoms with Crippen LogP contribution >= 0.6 is 0 Å². The van der Waals surface area contributed by atoms with Gasteiger partial charge in [0.2, 0.25) is 0 Å². The molecule has 4 heteroatoms. The SMILES string of the molecule is CNC(c1c(C)cc(OC)cc1OC)C(C)(C)O. The third-order valence-corrected chi connectivity index (χ3v) is 3.06. The lowest BCUT2D eigenvalue weighted by atomic mass is 9.88. The van der Waals surface area contributed by atoms with Crippen LogP contribution in [0.3, 0.4) is 0 Å². The third-order valence-electron chi connectivity index (χ3n) is 3.06. The lowest BCUT2D eigenvalue weighted by Gasteiger charge is -2.31. The van der Waals surface area contributed by atoms with Crippen LogP contribution in [-0.2, 0) is 0 Å². The summed E-state index contributed by atoms with van der Waals surface area (Å²) in [6.07, 6.45) is 0. The van der Waals surface area contributed by atoms with Gasteiger partial charge in [0.25, 0.3) is 0 Å². The van der Waals surface area contributed by atoms with Crippen LogP contribution in [0.25, 0.3) is 0 Å². The summed E-state index contributed by atoms with van der Waals surface area (Å²) < 4.78 is 10.6. The smallest absolute Gasteiger partial charge is 0.127 e. The summed E-state index contributed by atoms with van der Waals surface area (Å²) >= 11 is 0. The Morgan fingerprint density at radius 3 is 2.22 bits per heavy atom. The van der Waals surface area contributed by atoms with Crippen molar-refractivity contribution in [2.75, 3.05) is 21.3 Å². The van der Waals surface area contributed by atoms with E-state index in [1.54, 1.807) is 28.1 Å². The topological polar surface area (TPSA) is 50.7 Å². The molecular formula is C14H23NO3. The quantitative estimate of drug-likeness (QED) is 0.843. The van der Waals surface area contributed by atoms with Crippen molar-refractivity contribution >= 4 is 0 Å². The minimum atomic E-state index is -0.888. The molecule has 0 heterocycles. The van der Waals surface area contributed by atoms with Gasteiger partial charge >= 0.3 is 0 Å². The summed E-state index contributed by atoms with van der Waals surface area (Å²) in [4.78, 5) is 0. The molecule has 0 bridgehead atoms. The Hall–Kier alpha value is -1.26. The molecule has 0 saturated carbocycles. The van der Waals surface area contributed by atoms with Gasteiger partial charge in [-0.25, -0.2) is 0 Å². The number of nitrogens with one attached hydrogen (secondary N) is 1. The van der Waals surface area contributed by atoms with E-state index < -0.39 is 5.60 Å². The van der Waals surface area contributed by atoms with Crippen LogP contribution in [0.5, 0.6) is 11.5 Å². The van der Waals surface area contributed by atoms with Crippen molar-refractivity contribution in [3.05, 3.63) is 23.3 Å². The van der Waals surface area contributed by atoms with Crippen LogP contribution in [-0.4, -0.2) is 32.0 Å². The summed E-state index contributed by atoms with van der Waals surface area (Å²) in [5.74, 6) is 1.46. The predicted octanol–water partition coefficient (Wildman–Crippen LogP) is 2.04. The number of methoxy groups -OCH3 is 2. The molecule has 1 aromatic rings. The van der Waals surface area contributed by atoms with Crippen molar-refractivity contribution < 1.29 is 14.6 Å². The molecule has 1 atom stereocenters. The van der Waals surface area contributed by atoms with E-state index in [-0.39, 0.29) is 6.04 Å². The van der Waals surface area contributed by atoms with Crippen molar-refractivity contribution in [2.45, 2.75) is 32.4 Å². The number of likely N-dealkylation sites (N-methyl/N-ethyl adjacent to an activating group) is 1. The second-order valence-corrected chi connectivity index (χ2v) is 4.94. The number of hydrogen-bond donors (Lipinski definition) is 2. The van der Waals surface area contributed by atoms with Crippen molar-refractivity contribution in [2.24, 2.45) is 0 Å². The van der Waals surface area contributed by atoms with Crippen LogP contribution in [0.2, 0.25) is 0 Å². The van der Waals surface area contributed by atoms with Crippen LogP contribution in [0.1, 0.15) is 31.0 Å². The van der Waals surface area contributed by atoms with E-state index in [9.17, 15) is 5.11 Å². The summed E-state index contributed by atoms with van der Waals surface area (Å²) in [7, 11) is 5.07. The van der Waals surface area contributed by atoms with E-state index in [0.717, 1.165) is 16.9 Å². The Bertz CT molecular complexity index is 410. The van der Waals surface area contributed by atoms with Crippen LogP contribution in [0.15, 0.2) is 12.1 Å². The van der Waals surface area contributed by atoms with E-state index in [1.807, 2.05) is 26.1 Å². The minimum Gasteiger partial charge on any atom is -0.497 e. The maximum atomic E-state index is 10.3. The highest BCUT2D eigenvalue weighted by Gasteiger charge is 2.31. The van der Waals surface area contributed by atoms with Crippen molar-refractivity contribution in [1.29, 1.82) is 0 Å². The fourth-order valence-corrected chi connectivity index (χ4v) is 2.24. The first kappa shape index (κ1) is 14.8. The molecule has 0 fully saturated rings. The summed E-state index contributed by atoms with van der Waals surface area (Å²) in [5.41, 5.74) is 1.09. The molecular weight excluding hydrogens is 230 g/mol. The molecule has 0 radical (unpaired) electrons. The maximum absolute atomic E-state index is 10.3. The van der Waals surface area contributed by atoms with Crippen LogP contribution < -0.4 is 14.8 Å². The monoisotopic (exact) mass is 253 g/mol. The highest BCUT2D eigenvalue weighted by Crippen LogP contribution is 2.37. The molecule has 1 rings (SSSR count). The van der Waals surface area contributed by atoms with Gasteiger partial charge in [0.15, 0.2) is 0 Å². The molecule has 4 nitrogen and oxygen atoms in total. The van der Waals surface area contributed by atoms with Gasteiger partial charge in [-0.3, -0.25) is 0 Å². The zero-order chi connectivity index (χ0) is 13.9. The van der Waals surface area contributed by atoms with Gasteiger partial charge in [-0.1, -0.05) is 0 Å². The van der Waals surface area contributed by atoms with Crippen LogP contribution in [0.4, 0.5) is 0 Å². The Labute approximate surface area is 109 Å². The van der Waals surface area contributed by atoms with Gasteiger partial charge in [0.1, 0.15) is 11.5 Å². The molecule has 0 aromatic heterocycles. The molecule has 18 heavy (non-hydrogen) atoms. The highest BCUT2D eigenvalue weighted by atomic mass is 16.5. The lowest BCUT2D eigenvalue weighted by Crippen LogP contribution is -2.38. The Morgan fingerprint density at radius 2 is 1.83 bits per heavy atom. The molecule has 1 unspecified atom stereocenters. The fraction of sp³-hybridized carbons (Fsp3) is 0.571. The molecule has 1 aromatic carbocycles. The number of benzene rings is 1. The van der Waals surface area contributed by atoms with E-state index in [2.05, 4.69) is 5.32 Å². The molecule has 0 aliphatic heterocycles. The van der Waals surface area contributed by atoms with Gasteiger partial charge in [0, 0.05) is 11.6 Å². The second kappa shape index (κ2) is 5.59. The Morgan fingerprint density at radius 1 is 1.22 bits per heavy atom. The van der Waals surface area contributed by atoms with Gasteiger partial charge in [-0.2, -0.15) is 0 Å². The minimum absolute atomic E-state index is 0.210. The van der Waals surface area contributed by atoms with E-state index in [0.29, 0.717) is 5.75 Å². The zero-order valence-electron chi connectivity index (χ0n) is 12.0. The normalized spacial score (nSPS) is 13.3. The average molecular weight is 253 g/mol. The van der Waals surface area contributed by atoms with Gasteiger partial charge < -0.3 is 19.9 Å². The first-order chi connectivity index (χ1) is 8.35. The maximum Gasteiger partial charge on any atom is 0.127 e. The Kier molecular flexibility index (Phi) is 4.59. The average Bonchev–Trinajstić information content (AvgIpc) is 2.29. The predicted molar refractivity (Wildman–Crippen MR) is 72.4 cm³/mol. The van der Waals surface area contributed by atoms with E-state index in [4.69, 9.17) is 9.47 Å². The first-order valence-electron chi connectivity index (χ1n) is 5.97. The van der Waals surface area contributed by atoms with E-state index >= 15 is 0 Å². The van der Waals surface area contributed by atoms with Gasteiger partial charge in [-0.05, 0) is 39.4 Å². The molecule has 0 aliphatic carbocycles. The first-order valence-corrected chi connectivity index (χ1v) is 5.97. The Balaban J connectivity index is 3.38. The summed E-state index contributed by atoms with van der Waals surface area (Å²) in [5, 5.41) is 13.4. The summed E-state index contributed by atoms with van der Waals surface area (Å²) in [6.45, 7) is 5.53. The zero-order valence-corrected chi connectivity index (χ0v) is 12.0. The molecule has 102 valence electrons. The number of aryl methyl sites for hydroxylation is 1. The standard InChI is InChI=1S/C14H23NO3/c1-9-7-10(17-5)8-11(18-6)12(9)13(15-4)14(2,3)16/h7-8,13,15-16H,1-6H3. The second-order valence-electron chi connectivity index (χ2n) is 4.94. The largest absolute Gasteiger partial charge is 0.497 e. The van der Waals surface area contributed by atoms with Crippen LogP contribution in [0, 0.1) is 6.92 Å². The number of hydrogen-bond acceptors (Lipinski definition) is 4. The fourth-order valence-electron chi connectivity index (χ4n) is 2.24. The molecule has 0 spiro atoms. The molecule has 0 saturated heterocycles. The number of ether oxygens (including phenoxy) is 2. The summed E-state index contributed by atoms with van der Waals surface area (Å²) in [6, 6.07) is 3.56. The lowest BCUT2D eigenvalue weighted by molar-refractivity contribution is 0.0388. The van der Waals surface area contributed by atoms with Crippen molar-refractivity contribution in [3.8, 4) is 11.5 Å². The highest BCUT2D eigenvalue weighted by molar-refractivity contribution is 5.48. The molecule has 0 amide bonds. The third kappa shape index (κ3) is 2.94. The van der Waals surface area contributed by atoms with Gasteiger partial charge in [0.05, 0.1) is 25.9 Å². The van der Waals surface area contributed by atoms with Crippen molar-refractivity contribution in [1.82, 2.24) is 5.32 Å². The van der Waals surface area contributed by atoms with Crippen molar-refractivity contribution in [3.63, 3.8) is 0 Å². The molecule has 2 N–H and O–H groups in total. The number of aliphatic hydroxyl groups is 1. The van der Waals surface area contributed by atoms with E-state index in [1.165, 1.54) is 0 Å².